The van der Waals surface area contributed by atoms with E-state index < -0.39 is 10.0 Å². The second-order valence-electron chi connectivity index (χ2n) is 7.26. The third kappa shape index (κ3) is 4.74. The molecular weight excluding hydrogens is 388 g/mol. The van der Waals surface area contributed by atoms with Gasteiger partial charge in [0.2, 0.25) is 15.9 Å². The molecular formula is C22H26N2O4S. The van der Waals surface area contributed by atoms with Crippen molar-refractivity contribution in [3.63, 3.8) is 0 Å². The number of carbonyl (C=O) groups is 2. The van der Waals surface area contributed by atoms with Crippen LogP contribution in [0.25, 0.3) is 0 Å². The molecule has 1 aliphatic heterocycles. The Bertz CT molecular complexity index is 992. The van der Waals surface area contributed by atoms with Gasteiger partial charge in [0.15, 0.2) is 5.78 Å². The van der Waals surface area contributed by atoms with Gasteiger partial charge in [0, 0.05) is 30.3 Å². The maximum absolute atomic E-state index is 12.9. The fourth-order valence-corrected chi connectivity index (χ4v) is 5.02. The van der Waals surface area contributed by atoms with E-state index in [-0.39, 0.29) is 22.5 Å². The molecule has 1 fully saturated rings. The van der Waals surface area contributed by atoms with Crippen LogP contribution in [0.5, 0.6) is 0 Å². The Morgan fingerprint density at radius 3 is 2.24 bits per heavy atom. The van der Waals surface area contributed by atoms with Gasteiger partial charge in [-0.3, -0.25) is 9.59 Å². The fraction of sp³-hybridized carbons (Fsp3) is 0.364. The molecule has 2 aromatic rings. The summed E-state index contributed by atoms with van der Waals surface area (Å²) < 4.78 is 27.1. The molecule has 154 valence electrons. The monoisotopic (exact) mass is 414 g/mol. The summed E-state index contributed by atoms with van der Waals surface area (Å²) in [4.78, 5) is 24.2. The maximum Gasteiger partial charge on any atom is 0.243 e. The van der Waals surface area contributed by atoms with E-state index in [1.165, 1.54) is 35.5 Å². The lowest BCUT2D eigenvalue weighted by molar-refractivity contribution is -0.120. The van der Waals surface area contributed by atoms with Crippen LogP contribution in [0, 0.1) is 5.92 Å². The van der Waals surface area contributed by atoms with Crippen LogP contribution in [-0.4, -0.2) is 37.5 Å². The minimum absolute atomic E-state index is 0.0613. The maximum atomic E-state index is 12.9. The van der Waals surface area contributed by atoms with Crippen molar-refractivity contribution in [1.29, 1.82) is 0 Å². The van der Waals surface area contributed by atoms with Crippen LogP contribution in [-0.2, 0) is 21.2 Å². The zero-order valence-corrected chi connectivity index (χ0v) is 17.5. The zero-order valence-electron chi connectivity index (χ0n) is 16.7. The second kappa shape index (κ2) is 8.88. The van der Waals surface area contributed by atoms with Gasteiger partial charge < -0.3 is 5.32 Å². The molecule has 2 aromatic carbocycles. The van der Waals surface area contributed by atoms with Gasteiger partial charge in [0.05, 0.1) is 4.90 Å². The van der Waals surface area contributed by atoms with Crippen molar-refractivity contribution >= 4 is 27.4 Å². The highest BCUT2D eigenvalue weighted by Crippen LogP contribution is 2.26. The van der Waals surface area contributed by atoms with Gasteiger partial charge in [-0.05, 0) is 49.9 Å². The molecule has 0 spiro atoms. The Morgan fingerprint density at radius 1 is 1.03 bits per heavy atom. The number of para-hydroxylation sites is 1. The van der Waals surface area contributed by atoms with Gasteiger partial charge in [-0.15, -0.1) is 0 Å². The summed E-state index contributed by atoms with van der Waals surface area (Å²) in [6.07, 6.45) is 1.78. The number of piperidine rings is 1. The molecule has 1 aliphatic rings. The van der Waals surface area contributed by atoms with Crippen LogP contribution >= 0.6 is 0 Å². The van der Waals surface area contributed by atoms with Crippen LogP contribution in [0.4, 0.5) is 5.69 Å². The highest BCUT2D eigenvalue weighted by atomic mass is 32.2. The van der Waals surface area contributed by atoms with Gasteiger partial charge in [-0.25, -0.2) is 8.42 Å². The van der Waals surface area contributed by atoms with Crippen molar-refractivity contribution in [1.82, 2.24) is 4.31 Å². The van der Waals surface area contributed by atoms with Gasteiger partial charge in [-0.1, -0.05) is 37.3 Å². The number of aryl methyl sites for hydroxylation is 1. The lowest BCUT2D eigenvalue weighted by atomic mass is 9.97. The normalized spacial score (nSPS) is 15.8. The quantitative estimate of drug-likeness (QED) is 0.734. The highest BCUT2D eigenvalue weighted by Gasteiger charge is 2.32. The van der Waals surface area contributed by atoms with E-state index in [9.17, 15) is 18.0 Å². The predicted molar refractivity (Wildman–Crippen MR) is 112 cm³/mol. The van der Waals surface area contributed by atoms with Gasteiger partial charge in [0.1, 0.15) is 0 Å². The molecule has 0 aliphatic carbocycles. The highest BCUT2D eigenvalue weighted by molar-refractivity contribution is 7.89. The standard InChI is InChI=1S/C22H26N2O4S/c1-3-17-6-4-5-7-21(17)23-22(26)19-12-14-24(15-13-19)29(27,28)20-10-8-18(9-11-20)16(2)25/h4-11,19H,3,12-15H2,1-2H3,(H,23,26). The first kappa shape index (κ1) is 21.2. The average Bonchev–Trinajstić information content (AvgIpc) is 2.74. The number of anilines is 1. The molecule has 1 heterocycles. The predicted octanol–water partition coefficient (Wildman–Crippen LogP) is 3.49. The van der Waals surface area contributed by atoms with Crippen molar-refractivity contribution in [3.8, 4) is 0 Å². The number of nitrogens with one attached hydrogen (secondary N) is 1. The van der Waals surface area contributed by atoms with Crippen molar-refractivity contribution in [2.24, 2.45) is 5.92 Å². The van der Waals surface area contributed by atoms with E-state index in [4.69, 9.17) is 0 Å². The molecule has 0 unspecified atom stereocenters. The minimum Gasteiger partial charge on any atom is -0.326 e. The Morgan fingerprint density at radius 2 is 1.66 bits per heavy atom. The lowest BCUT2D eigenvalue weighted by Crippen LogP contribution is -2.41. The Labute approximate surface area is 172 Å². The Kier molecular flexibility index (Phi) is 6.49. The molecule has 1 saturated heterocycles. The molecule has 0 aromatic heterocycles. The number of ketones is 1. The van der Waals surface area contributed by atoms with E-state index >= 15 is 0 Å². The van der Waals surface area contributed by atoms with Crippen LogP contribution < -0.4 is 5.32 Å². The number of hydrogen-bond acceptors (Lipinski definition) is 4. The molecule has 1 amide bonds. The summed E-state index contributed by atoms with van der Waals surface area (Å²) in [5.41, 5.74) is 2.38. The first-order valence-corrected chi connectivity index (χ1v) is 11.3. The van der Waals surface area contributed by atoms with E-state index in [0.29, 0.717) is 31.5 Å². The Balaban J connectivity index is 1.63. The van der Waals surface area contributed by atoms with Crippen molar-refractivity contribution in [2.75, 3.05) is 18.4 Å². The largest absolute Gasteiger partial charge is 0.326 e. The minimum atomic E-state index is -3.63. The molecule has 6 nitrogen and oxygen atoms in total. The summed E-state index contributed by atoms with van der Waals surface area (Å²) in [7, 11) is -3.63. The van der Waals surface area contributed by atoms with Crippen LogP contribution in [0.1, 0.15) is 42.6 Å². The first-order valence-electron chi connectivity index (χ1n) is 9.83. The smallest absolute Gasteiger partial charge is 0.243 e. The van der Waals surface area contributed by atoms with Crippen LogP contribution in [0.2, 0.25) is 0 Å². The van der Waals surface area contributed by atoms with Gasteiger partial charge in [0.25, 0.3) is 0 Å². The third-order valence-corrected chi connectivity index (χ3v) is 7.29. The fourth-order valence-electron chi connectivity index (χ4n) is 3.55. The molecule has 0 atom stereocenters. The number of amides is 1. The van der Waals surface area contributed by atoms with E-state index in [1.807, 2.05) is 31.2 Å². The number of Topliss-reactive ketones (excluding diaryl/α,β-unsaturated/α-hetero) is 1. The number of sulfonamides is 1. The molecule has 3 rings (SSSR count). The van der Waals surface area contributed by atoms with Crippen molar-refractivity contribution in [3.05, 3.63) is 59.7 Å². The number of hydrogen-bond donors (Lipinski definition) is 1. The van der Waals surface area contributed by atoms with E-state index in [0.717, 1.165) is 17.7 Å². The molecule has 0 saturated carbocycles. The number of rotatable bonds is 6. The van der Waals surface area contributed by atoms with E-state index in [1.54, 1.807) is 0 Å². The van der Waals surface area contributed by atoms with Gasteiger partial charge in [-0.2, -0.15) is 4.31 Å². The molecule has 7 heteroatoms. The lowest BCUT2D eigenvalue weighted by Gasteiger charge is -2.30. The summed E-state index contributed by atoms with van der Waals surface area (Å²) in [6.45, 7) is 4.07. The summed E-state index contributed by atoms with van der Waals surface area (Å²) in [6, 6.07) is 13.7. The van der Waals surface area contributed by atoms with Crippen LogP contribution in [0.3, 0.4) is 0 Å². The van der Waals surface area contributed by atoms with Crippen molar-refractivity contribution < 1.29 is 18.0 Å². The number of benzene rings is 2. The zero-order chi connectivity index (χ0) is 21.0. The Hall–Kier alpha value is -2.51. The summed E-state index contributed by atoms with van der Waals surface area (Å²) >= 11 is 0. The van der Waals surface area contributed by atoms with Gasteiger partial charge >= 0.3 is 0 Å². The topological polar surface area (TPSA) is 83.6 Å². The van der Waals surface area contributed by atoms with Crippen molar-refractivity contribution in [2.45, 2.75) is 38.0 Å². The molecule has 0 bridgehead atoms. The number of nitrogens with zero attached hydrogens (tertiary/aromatic N) is 1. The second-order valence-corrected chi connectivity index (χ2v) is 9.20. The average molecular weight is 415 g/mol. The summed E-state index contributed by atoms with van der Waals surface area (Å²) in [5.74, 6) is -0.384. The molecule has 1 N–H and O–H groups in total. The number of carbonyl (C=O) groups excluding carboxylic acids is 2. The first-order chi connectivity index (χ1) is 13.8. The SMILES string of the molecule is CCc1ccccc1NC(=O)C1CCN(S(=O)(=O)c2ccc(C(C)=O)cc2)CC1. The van der Waals surface area contributed by atoms with Crippen LogP contribution in [0.15, 0.2) is 53.4 Å². The molecule has 29 heavy (non-hydrogen) atoms. The molecule has 0 radical (unpaired) electrons. The summed E-state index contributed by atoms with van der Waals surface area (Å²) in [5, 5.41) is 2.99. The van der Waals surface area contributed by atoms with E-state index in [2.05, 4.69) is 5.32 Å². The third-order valence-electron chi connectivity index (χ3n) is 5.38.